The number of hydrogen-bond donors (Lipinski definition) is 1. The highest BCUT2D eigenvalue weighted by molar-refractivity contribution is 9.10. The monoisotopic (exact) mass is 324 g/mol. The maximum atomic E-state index is 5.83. The summed E-state index contributed by atoms with van der Waals surface area (Å²) in [5.74, 6) is 1.13. The molecule has 1 atom stereocenters. The van der Waals surface area contributed by atoms with Gasteiger partial charge in [0, 0.05) is 42.1 Å². The van der Waals surface area contributed by atoms with E-state index in [1.807, 2.05) is 0 Å². The lowest BCUT2D eigenvalue weighted by atomic mass is 10.1. The summed E-state index contributed by atoms with van der Waals surface area (Å²) in [6.07, 6.45) is 2.26. The number of hydrogen-bond acceptors (Lipinski definition) is 3. The maximum Gasteiger partial charge on any atom is 0.127 e. The first-order chi connectivity index (χ1) is 9.24. The van der Waals surface area contributed by atoms with Gasteiger partial charge in [0.1, 0.15) is 5.75 Å². The normalized spacial score (nSPS) is 23.8. The van der Waals surface area contributed by atoms with Gasteiger partial charge in [0.25, 0.3) is 0 Å². The number of nitrogens with zero attached hydrogens (tertiary/aromatic N) is 1. The average molecular weight is 325 g/mol. The van der Waals surface area contributed by atoms with Crippen molar-refractivity contribution in [3.8, 4) is 5.75 Å². The molecule has 0 amide bonds. The van der Waals surface area contributed by atoms with E-state index >= 15 is 0 Å². The Labute approximate surface area is 123 Å². The summed E-state index contributed by atoms with van der Waals surface area (Å²) in [4.78, 5) is 2.56. The van der Waals surface area contributed by atoms with E-state index in [2.05, 4.69) is 45.2 Å². The zero-order valence-electron chi connectivity index (χ0n) is 11.4. The van der Waals surface area contributed by atoms with E-state index in [4.69, 9.17) is 4.74 Å². The maximum absolute atomic E-state index is 5.83. The second-order valence-corrected chi connectivity index (χ2v) is 6.43. The van der Waals surface area contributed by atoms with Crippen LogP contribution in [0.25, 0.3) is 0 Å². The molecule has 1 aromatic rings. The lowest BCUT2D eigenvalue weighted by Crippen LogP contribution is -2.33. The molecule has 4 heteroatoms. The van der Waals surface area contributed by atoms with Gasteiger partial charge in [0.15, 0.2) is 0 Å². The van der Waals surface area contributed by atoms with Crippen molar-refractivity contribution in [2.45, 2.75) is 32.4 Å². The van der Waals surface area contributed by atoms with Crippen LogP contribution in [-0.4, -0.2) is 37.2 Å². The van der Waals surface area contributed by atoms with Gasteiger partial charge in [-0.05, 0) is 37.6 Å². The second-order valence-electron chi connectivity index (χ2n) is 5.51. The van der Waals surface area contributed by atoms with Crippen LogP contribution in [0.5, 0.6) is 5.75 Å². The van der Waals surface area contributed by atoms with E-state index in [9.17, 15) is 0 Å². The molecule has 0 saturated carbocycles. The molecule has 104 valence electrons. The molecular weight excluding hydrogens is 304 g/mol. The Morgan fingerprint density at radius 3 is 3.21 bits per heavy atom. The third-order valence-electron chi connectivity index (χ3n) is 4.14. The van der Waals surface area contributed by atoms with E-state index in [1.54, 1.807) is 0 Å². The van der Waals surface area contributed by atoms with Crippen molar-refractivity contribution >= 4 is 15.9 Å². The minimum Gasteiger partial charge on any atom is -0.493 e. The van der Waals surface area contributed by atoms with Crippen LogP contribution in [0.4, 0.5) is 0 Å². The first-order valence-corrected chi connectivity index (χ1v) is 7.92. The van der Waals surface area contributed by atoms with Gasteiger partial charge >= 0.3 is 0 Å². The second kappa shape index (κ2) is 5.81. The summed E-state index contributed by atoms with van der Waals surface area (Å²) in [5.41, 5.74) is 2.68. The Morgan fingerprint density at radius 1 is 1.42 bits per heavy atom. The van der Waals surface area contributed by atoms with Crippen LogP contribution in [0.1, 0.15) is 24.5 Å². The molecule has 3 rings (SSSR count). The van der Waals surface area contributed by atoms with Crippen molar-refractivity contribution in [2.75, 3.05) is 26.2 Å². The third-order valence-corrected chi connectivity index (χ3v) is 4.59. The molecule has 0 bridgehead atoms. The summed E-state index contributed by atoms with van der Waals surface area (Å²) in [6, 6.07) is 5.04. The Bertz CT molecular complexity index is 464. The fourth-order valence-corrected chi connectivity index (χ4v) is 3.53. The van der Waals surface area contributed by atoms with Gasteiger partial charge in [-0.25, -0.2) is 0 Å². The fourth-order valence-electron chi connectivity index (χ4n) is 2.98. The number of rotatable bonds is 2. The molecule has 19 heavy (non-hydrogen) atoms. The first kappa shape index (κ1) is 13.4. The number of benzene rings is 1. The van der Waals surface area contributed by atoms with Gasteiger partial charge in [-0.15, -0.1) is 0 Å². The molecule has 1 unspecified atom stereocenters. The van der Waals surface area contributed by atoms with Gasteiger partial charge in [-0.3, -0.25) is 4.90 Å². The lowest BCUT2D eigenvalue weighted by molar-refractivity contribution is 0.208. The fraction of sp³-hybridized carbons (Fsp3) is 0.600. The Morgan fingerprint density at radius 2 is 2.32 bits per heavy atom. The number of ether oxygens (including phenoxy) is 1. The standard InChI is InChI=1S/C15H21BrN2O/c1-11-2-4-17-5-6-18(11)10-13-9-14(16)8-12-3-7-19-15(12)13/h8-9,11,17H,2-7,10H2,1H3. The summed E-state index contributed by atoms with van der Waals surface area (Å²) >= 11 is 3.62. The molecule has 2 aliphatic heterocycles. The van der Waals surface area contributed by atoms with Gasteiger partial charge in [0.05, 0.1) is 6.61 Å². The van der Waals surface area contributed by atoms with E-state index < -0.39 is 0 Å². The molecule has 0 aromatic heterocycles. The molecule has 0 aliphatic carbocycles. The van der Waals surface area contributed by atoms with Crippen molar-refractivity contribution in [1.29, 1.82) is 0 Å². The zero-order valence-corrected chi connectivity index (χ0v) is 13.0. The quantitative estimate of drug-likeness (QED) is 0.904. The van der Waals surface area contributed by atoms with Crippen molar-refractivity contribution in [2.24, 2.45) is 0 Å². The average Bonchev–Trinajstić information content (AvgIpc) is 2.75. The van der Waals surface area contributed by atoms with Gasteiger partial charge in [-0.1, -0.05) is 15.9 Å². The highest BCUT2D eigenvalue weighted by Gasteiger charge is 2.22. The molecule has 1 aromatic carbocycles. The molecule has 2 aliphatic rings. The summed E-state index contributed by atoms with van der Waals surface area (Å²) in [5, 5.41) is 3.47. The molecule has 0 radical (unpaired) electrons. The van der Waals surface area contributed by atoms with Gasteiger partial charge < -0.3 is 10.1 Å². The molecule has 0 spiro atoms. The van der Waals surface area contributed by atoms with E-state index in [0.29, 0.717) is 6.04 Å². The number of fused-ring (bicyclic) bond motifs is 1. The zero-order chi connectivity index (χ0) is 13.2. The molecule has 1 N–H and O–H groups in total. The van der Waals surface area contributed by atoms with Gasteiger partial charge in [0.2, 0.25) is 0 Å². The van der Waals surface area contributed by atoms with E-state index in [-0.39, 0.29) is 0 Å². The largest absolute Gasteiger partial charge is 0.493 e. The molecule has 3 nitrogen and oxygen atoms in total. The first-order valence-electron chi connectivity index (χ1n) is 7.13. The van der Waals surface area contributed by atoms with Crippen LogP contribution in [0.2, 0.25) is 0 Å². The van der Waals surface area contributed by atoms with Crippen molar-refractivity contribution in [3.05, 3.63) is 27.7 Å². The van der Waals surface area contributed by atoms with Gasteiger partial charge in [-0.2, -0.15) is 0 Å². The summed E-state index contributed by atoms with van der Waals surface area (Å²) in [7, 11) is 0. The number of halogens is 1. The van der Waals surface area contributed by atoms with Crippen LogP contribution in [0.3, 0.4) is 0 Å². The topological polar surface area (TPSA) is 24.5 Å². The van der Waals surface area contributed by atoms with Crippen LogP contribution >= 0.6 is 15.9 Å². The summed E-state index contributed by atoms with van der Waals surface area (Å²) < 4.78 is 7.00. The van der Waals surface area contributed by atoms with Crippen molar-refractivity contribution < 1.29 is 4.74 Å². The SMILES string of the molecule is CC1CCNCCN1Cc1cc(Br)cc2c1OCC2. The van der Waals surface area contributed by atoms with Crippen LogP contribution in [-0.2, 0) is 13.0 Å². The van der Waals surface area contributed by atoms with Crippen molar-refractivity contribution in [1.82, 2.24) is 10.2 Å². The Balaban J connectivity index is 1.82. The van der Waals surface area contributed by atoms with Crippen LogP contribution in [0, 0.1) is 0 Å². The molecular formula is C15H21BrN2O. The minimum atomic E-state index is 0.631. The van der Waals surface area contributed by atoms with Crippen molar-refractivity contribution in [3.63, 3.8) is 0 Å². The lowest BCUT2D eigenvalue weighted by Gasteiger charge is -2.27. The summed E-state index contributed by atoms with van der Waals surface area (Å²) in [6.45, 7) is 7.47. The highest BCUT2D eigenvalue weighted by Crippen LogP contribution is 2.34. The van der Waals surface area contributed by atoms with Crippen LogP contribution < -0.4 is 10.1 Å². The smallest absolute Gasteiger partial charge is 0.127 e. The third kappa shape index (κ3) is 2.96. The molecule has 2 heterocycles. The number of nitrogens with one attached hydrogen (secondary N) is 1. The van der Waals surface area contributed by atoms with E-state index in [0.717, 1.165) is 45.0 Å². The predicted octanol–water partition coefficient (Wildman–Crippen LogP) is 2.57. The predicted molar refractivity (Wildman–Crippen MR) is 80.7 cm³/mol. The van der Waals surface area contributed by atoms with Crippen LogP contribution in [0.15, 0.2) is 16.6 Å². The van der Waals surface area contributed by atoms with E-state index in [1.165, 1.54) is 22.0 Å². The molecule has 1 saturated heterocycles. The Hall–Kier alpha value is -0.580. The minimum absolute atomic E-state index is 0.631. The molecule has 1 fully saturated rings. The highest BCUT2D eigenvalue weighted by atomic mass is 79.9. The Kier molecular flexibility index (Phi) is 4.10.